The first-order chi connectivity index (χ1) is 11.7. The maximum absolute atomic E-state index is 11.9. The predicted molar refractivity (Wildman–Crippen MR) is 95.5 cm³/mol. The average molecular weight is 339 g/mol. The molecule has 3 aromatic rings. The van der Waals surface area contributed by atoms with Gasteiger partial charge >= 0.3 is 0 Å². The third-order valence-electron chi connectivity index (χ3n) is 4.27. The number of morpholine rings is 1. The number of rotatable bonds is 3. The third kappa shape index (κ3) is 2.74. The van der Waals surface area contributed by atoms with Crippen LogP contribution in [0.25, 0.3) is 10.9 Å². The number of nitrogens with zero attached hydrogens (tertiary/aromatic N) is 2. The Kier molecular flexibility index (Phi) is 3.92. The molecule has 1 atom stereocenters. The molecule has 0 radical (unpaired) electrons. The minimum absolute atomic E-state index is 0.0234. The van der Waals surface area contributed by atoms with Crippen LogP contribution in [0, 0.1) is 0 Å². The van der Waals surface area contributed by atoms with Crippen LogP contribution in [0.2, 0.25) is 0 Å². The fourth-order valence-corrected chi connectivity index (χ4v) is 3.75. The highest BCUT2D eigenvalue weighted by Crippen LogP contribution is 2.29. The number of ether oxygens (including phenoxy) is 1. The van der Waals surface area contributed by atoms with Crippen molar-refractivity contribution < 1.29 is 9.53 Å². The number of hydrogen-bond donors (Lipinski definition) is 1. The van der Waals surface area contributed by atoms with Crippen molar-refractivity contribution in [2.24, 2.45) is 5.73 Å². The van der Waals surface area contributed by atoms with Crippen LogP contribution in [0.4, 0.5) is 5.82 Å². The van der Waals surface area contributed by atoms with Crippen molar-refractivity contribution in [1.82, 2.24) is 4.98 Å². The first-order valence-corrected chi connectivity index (χ1v) is 8.75. The highest BCUT2D eigenvalue weighted by Gasteiger charge is 2.24. The van der Waals surface area contributed by atoms with E-state index < -0.39 is 5.91 Å². The van der Waals surface area contributed by atoms with Crippen molar-refractivity contribution in [1.29, 1.82) is 0 Å². The molecule has 0 bridgehead atoms. The maximum Gasteiger partial charge on any atom is 0.249 e. The van der Waals surface area contributed by atoms with E-state index in [1.165, 1.54) is 5.56 Å². The zero-order valence-electron chi connectivity index (χ0n) is 13.0. The van der Waals surface area contributed by atoms with Crippen LogP contribution in [0.5, 0.6) is 0 Å². The van der Waals surface area contributed by atoms with Crippen LogP contribution in [-0.4, -0.2) is 30.6 Å². The molecule has 0 saturated carbocycles. The second-order valence-corrected chi connectivity index (χ2v) is 6.55. The second kappa shape index (κ2) is 6.22. The van der Waals surface area contributed by atoms with E-state index in [4.69, 9.17) is 15.5 Å². The number of para-hydroxylation sites is 1. The van der Waals surface area contributed by atoms with E-state index in [0.29, 0.717) is 18.7 Å². The summed E-state index contributed by atoms with van der Waals surface area (Å²) < 4.78 is 5.88. The summed E-state index contributed by atoms with van der Waals surface area (Å²) >= 11 is 1.66. The van der Waals surface area contributed by atoms with Crippen LogP contribution in [-0.2, 0) is 4.74 Å². The van der Waals surface area contributed by atoms with Crippen molar-refractivity contribution in [3.05, 3.63) is 58.3 Å². The molecule has 4 rings (SSSR count). The van der Waals surface area contributed by atoms with Crippen molar-refractivity contribution >= 4 is 34.0 Å². The number of nitrogens with two attached hydrogens (primary N) is 1. The van der Waals surface area contributed by atoms with Gasteiger partial charge in [0.2, 0.25) is 5.91 Å². The zero-order valence-corrected chi connectivity index (χ0v) is 13.8. The van der Waals surface area contributed by atoms with Crippen molar-refractivity contribution in [3.63, 3.8) is 0 Å². The molecule has 2 aromatic heterocycles. The van der Waals surface area contributed by atoms with E-state index in [1.807, 2.05) is 24.3 Å². The number of aromatic nitrogens is 1. The van der Waals surface area contributed by atoms with E-state index in [0.717, 1.165) is 23.3 Å². The summed E-state index contributed by atoms with van der Waals surface area (Å²) in [6.07, 6.45) is 0.0234. The number of carbonyl (C=O) groups is 1. The molecule has 1 aromatic carbocycles. The fourth-order valence-electron chi connectivity index (χ4n) is 3.04. The summed E-state index contributed by atoms with van der Waals surface area (Å²) in [5.41, 5.74) is 8.04. The molecule has 1 saturated heterocycles. The number of thiophene rings is 1. The van der Waals surface area contributed by atoms with E-state index in [2.05, 4.69) is 21.7 Å². The lowest BCUT2D eigenvalue weighted by atomic mass is 10.1. The van der Waals surface area contributed by atoms with E-state index >= 15 is 0 Å². The van der Waals surface area contributed by atoms with Gasteiger partial charge in [-0.1, -0.05) is 18.2 Å². The highest BCUT2D eigenvalue weighted by atomic mass is 32.1. The summed E-state index contributed by atoms with van der Waals surface area (Å²) in [5, 5.41) is 4.95. The smallest absolute Gasteiger partial charge is 0.249 e. The van der Waals surface area contributed by atoms with Gasteiger partial charge in [0.1, 0.15) is 11.9 Å². The largest absolute Gasteiger partial charge is 0.370 e. The molecule has 122 valence electrons. The molecule has 0 aliphatic carbocycles. The SMILES string of the molecule is NC(=O)c1cc(N2CCO[C@@H](c3ccsc3)C2)nc2ccccc12. The Hall–Kier alpha value is -2.44. The summed E-state index contributed by atoms with van der Waals surface area (Å²) in [5.74, 6) is 0.337. The Bertz CT molecular complexity index is 879. The molecule has 1 aliphatic rings. The first kappa shape index (κ1) is 15.1. The van der Waals surface area contributed by atoms with Gasteiger partial charge in [0.15, 0.2) is 0 Å². The maximum atomic E-state index is 11.9. The Labute approximate surface area is 143 Å². The third-order valence-corrected chi connectivity index (χ3v) is 4.97. The Morgan fingerprint density at radius 1 is 1.33 bits per heavy atom. The molecule has 1 fully saturated rings. The van der Waals surface area contributed by atoms with E-state index in [9.17, 15) is 4.79 Å². The number of pyridine rings is 1. The summed E-state index contributed by atoms with van der Waals surface area (Å²) in [7, 11) is 0. The Balaban J connectivity index is 1.72. The molecule has 6 heteroatoms. The molecule has 0 unspecified atom stereocenters. The summed E-state index contributed by atoms with van der Waals surface area (Å²) in [6.45, 7) is 2.07. The second-order valence-electron chi connectivity index (χ2n) is 5.77. The van der Waals surface area contributed by atoms with E-state index in [-0.39, 0.29) is 6.10 Å². The number of primary amides is 1. The quantitative estimate of drug-likeness (QED) is 0.796. The van der Waals surface area contributed by atoms with Crippen molar-refractivity contribution in [2.75, 3.05) is 24.6 Å². The normalized spacial score (nSPS) is 18.0. The van der Waals surface area contributed by atoms with Crippen LogP contribution in [0.3, 0.4) is 0 Å². The van der Waals surface area contributed by atoms with Gasteiger partial charge in [-0.05, 0) is 34.5 Å². The number of hydrogen-bond acceptors (Lipinski definition) is 5. The zero-order chi connectivity index (χ0) is 16.5. The lowest BCUT2D eigenvalue weighted by Crippen LogP contribution is -2.38. The molecule has 24 heavy (non-hydrogen) atoms. The average Bonchev–Trinajstić information content (AvgIpc) is 3.15. The van der Waals surface area contributed by atoms with Gasteiger partial charge in [0.25, 0.3) is 0 Å². The number of anilines is 1. The Morgan fingerprint density at radius 3 is 3.00 bits per heavy atom. The topological polar surface area (TPSA) is 68.5 Å². The summed E-state index contributed by atoms with van der Waals surface area (Å²) in [6, 6.07) is 11.5. The molecule has 2 N–H and O–H groups in total. The molecular weight excluding hydrogens is 322 g/mol. The minimum Gasteiger partial charge on any atom is -0.370 e. The summed E-state index contributed by atoms with van der Waals surface area (Å²) in [4.78, 5) is 18.7. The fraction of sp³-hybridized carbons (Fsp3) is 0.222. The molecule has 5 nitrogen and oxygen atoms in total. The Morgan fingerprint density at radius 2 is 2.21 bits per heavy atom. The van der Waals surface area contributed by atoms with Gasteiger partial charge in [-0.2, -0.15) is 11.3 Å². The van der Waals surface area contributed by atoms with Gasteiger partial charge in [0, 0.05) is 18.5 Å². The number of benzene rings is 1. The standard InChI is InChI=1S/C18H17N3O2S/c19-18(22)14-9-17(20-15-4-2-1-3-13(14)15)21-6-7-23-16(10-21)12-5-8-24-11-12/h1-5,8-9,11,16H,6-7,10H2,(H2,19,22)/t16-/m1/s1. The number of fused-ring (bicyclic) bond motifs is 1. The van der Waals surface area contributed by atoms with Gasteiger partial charge in [-0.25, -0.2) is 4.98 Å². The lowest BCUT2D eigenvalue weighted by Gasteiger charge is -2.33. The lowest BCUT2D eigenvalue weighted by molar-refractivity contribution is 0.0398. The van der Waals surface area contributed by atoms with Gasteiger partial charge < -0.3 is 15.4 Å². The van der Waals surface area contributed by atoms with E-state index in [1.54, 1.807) is 17.4 Å². The first-order valence-electron chi connectivity index (χ1n) is 7.80. The predicted octanol–water partition coefficient (Wildman–Crippen LogP) is 2.97. The van der Waals surface area contributed by atoms with Crippen LogP contribution >= 0.6 is 11.3 Å². The molecule has 3 heterocycles. The van der Waals surface area contributed by atoms with Gasteiger partial charge in [0.05, 0.1) is 17.7 Å². The van der Waals surface area contributed by atoms with Crippen LogP contribution in [0.1, 0.15) is 22.0 Å². The van der Waals surface area contributed by atoms with Gasteiger partial charge in [-0.3, -0.25) is 4.79 Å². The van der Waals surface area contributed by atoms with Gasteiger partial charge in [-0.15, -0.1) is 0 Å². The molecular formula is C18H17N3O2S. The monoisotopic (exact) mass is 339 g/mol. The van der Waals surface area contributed by atoms with Crippen molar-refractivity contribution in [2.45, 2.75) is 6.10 Å². The van der Waals surface area contributed by atoms with Crippen LogP contribution < -0.4 is 10.6 Å². The number of amides is 1. The van der Waals surface area contributed by atoms with Crippen LogP contribution in [0.15, 0.2) is 47.2 Å². The molecule has 1 amide bonds. The molecule has 0 spiro atoms. The molecule has 1 aliphatic heterocycles. The van der Waals surface area contributed by atoms with Crippen molar-refractivity contribution in [3.8, 4) is 0 Å². The highest BCUT2D eigenvalue weighted by molar-refractivity contribution is 7.07. The number of carbonyl (C=O) groups excluding carboxylic acids is 1. The minimum atomic E-state index is -0.433.